The van der Waals surface area contributed by atoms with Crippen LogP contribution in [0, 0.1) is 17.8 Å². The molecule has 1 aliphatic rings. The zero-order chi connectivity index (χ0) is 8.97. The van der Waals surface area contributed by atoms with E-state index in [0.717, 1.165) is 17.8 Å². The molecule has 0 aromatic carbocycles. The second kappa shape index (κ2) is 4.86. The van der Waals surface area contributed by atoms with Gasteiger partial charge in [-0.25, -0.2) is 0 Å². The fraction of sp³-hybridized carbons (Fsp3) is 1.00. The van der Waals surface area contributed by atoms with E-state index in [2.05, 4.69) is 19.2 Å². The molecule has 1 rings (SSSR count). The maximum absolute atomic E-state index is 3.24. The summed E-state index contributed by atoms with van der Waals surface area (Å²) in [4.78, 5) is 0. The van der Waals surface area contributed by atoms with Gasteiger partial charge in [-0.15, -0.1) is 0 Å². The van der Waals surface area contributed by atoms with Crippen molar-refractivity contribution in [1.29, 1.82) is 0 Å². The number of hydrogen-bond donors (Lipinski definition) is 1. The first-order valence-electron chi connectivity index (χ1n) is 5.44. The van der Waals surface area contributed by atoms with Crippen LogP contribution in [0.5, 0.6) is 0 Å². The molecule has 0 spiro atoms. The van der Waals surface area contributed by atoms with E-state index in [9.17, 15) is 0 Å². The topological polar surface area (TPSA) is 12.0 Å². The van der Waals surface area contributed by atoms with Gasteiger partial charge in [0.05, 0.1) is 0 Å². The maximum atomic E-state index is 3.24. The van der Waals surface area contributed by atoms with Gasteiger partial charge in [0.15, 0.2) is 0 Å². The smallest absolute Gasteiger partial charge is 0.00493 e. The third-order valence-corrected chi connectivity index (χ3v) is 3.28. The van der Waals surface area contributed by atoms with Crippen LogP contribution in [0.1, 0.15) is 39.5 Å². The van der Waals surface area contributed by atoms with Crippen LogP contribution in [0.2, 0.25) is 0 Å². The summed E-state index contributed by atoms with van der Waals surface area (Å²) in [5, 5.41) is 3.24. The molecule has 1 saturated carbocycles. The molecule has 1 fully saturated rings. The molecule has 0 aromatic rings. The minimum absolute atomic E-state index is 0.926. The Labute approximate surface area is 76.9 Å². The molecular formula is C11H23N. The summed E-state index contributed by atoms with van der Waals surface area (Å²) in [6.45, 7) is 5.95. The highest BCUT2D eigenvalue weighted by atomic mass is 14.8. The summed E-state index contributed by atoms with van der Waals surface area (Å²) in [6.07, 6.45) is 5.74. The Bertz CT molecular complexity index is 118. The maximum Gasteiger partial charge on any atom is -0.00493 e. The molecule has 1 nitrogen and oxygen atoms in total. The molecule has 1 unspecified atom stereocenters. The number of nitrogens with one attached hydrogen (secondary N) is 1. The van der Waals surface area contributed by atoms with Crippen molar-refractivity contribution in [3.8, 4) is 0 Å². The van der Waals surface area contributed by atoms with E-state index < -0.39 is 0 Å². The molecule has 0 aliphatic heterocycles. The largest absolute Gasteiger partial charge is 0.320 e. The molecular weight excluding hydrogens is 146 g/mol. The molecule has 0 radical (unpaired) electrons. The van der Waals surface area contributed by atoms with Gasteiger partial charge in [0.1, 0.15) is 0 Å². The fourth-order valence-electron chi connectivity index (χ4n) is 2.31. The average molecular weight is 169 g/mol. The summed E-state index contributed by atoms with van der Waals surface area (Å²) < 4.78 is 0. The van der Waals surface area contributed by atoms with Crippen LogP contribution in [0.3, 0.4) is 0 Å². The number of rotatable bonds is 6. The van der Waals surface area contributed by atoms with Gasteiger partial charge >= 0.3 is 0 Å². The summed E-state index contributed by atoms with van der Waals surface area (Å²) in [5.41, 5.74) is 0. The predicted octanol–water partition coefficient (Wildman–Crippen LogP) is 2.67. The molecule has 0 bridgehead atoms. The van der Waals surface area contributed by atoms with Crippen LogP contribution in [-0.4, -0.2) is 13.6 Å². The van der Waals surface area contributed by atoms with Crippen molar-refractivity contribution in [1.82, 2.24) is 5.32 Å². The first kappa shape index (κ1) is 10.0. The van der Waals surface area contributed by atoms with Gasteiger partial charge in [0.25, 0.3) is 0 Å². The second-order valence-electron chi connectivity index (χ2n) is 4.28. The van der Waals surface area contributed by atoms with E-state index in [-0.39, 0.29) is 0 Å². The van der Waals surface area contributed by atoms with Crippen molar-refractivity contribution in [3.63, 3.8) is 0 Å². The van der Waals surface area contributed by atoms with Gasteiger partial charge in [-0.3, -0.25) is 0 Å². The second-order valence-corrected chi connectivity index (χ2v) is 4.28. The molecule has 1 heteroatoms. The van der Waals surface area contributed by atoms with E-state index in [1.54, 1.807) is 0 Å². The molecule has 2 atom stereocenters. The molecule has 0 amide bonds. The first-order chi connectivity index (χ1) is 5.79. The Morgan fingerprint density at radius 1 is 1.42 bits per heavy atom. The third kappa shape index (κ3) is 2.78. The Morgan fingerprint density at radius 3 is 2.50 bits per heavy atom. The molecule has 1 N–H and O–H groups in total. The zero-order valence-corrected chi connectivity index (χ0v) is 8.77. The molecule has 1 aliphatic carbocycles. The van der Waals surface area contributed by atoms with Crippen molar-refractivity contribution in [2.24, 2.45) is 17.8 Å². The first-order valence-corrected chi connectivity index (χ1v) is 5.44. The van der Waals surface area contributed by atoms with Crippen molar-refractivity contribution in [2.75, 3.05) is 13.6 Å². The molecule has 0 saturated heterocycles. The van der Waals surface area contributed by atoms with E-state index >= 15 is 0 Å². The summed E-state index contributed by atoms with van der Waals surface area (Å²) in [5.74, 6) is 3.02. The lowest BCUT2D eigenvalue weighted by molar-refractivity contribution is 0.290. The molecule has 0 heterocycles. The average Bonchev–Trinajstić information content (AvgIpc) is 2.86. The highest BCUT2D eigenvalue weighted by Gasteiger charge is 2.32. The molecule has 0 aromatic heterocycles. The Hall–Kier alpha value is -0.0400. The lowest BCUT2D eigenvalue weighted by Gasteiger charge is -2.22. The Kier molecular flexibility index (Phi) is 4.07. The van der Waals surface area contributed by atoms with Gasteiger partial charge in [0, 0.05) is 0 Å². The van der Waals surface area contributed by atoms with Gasteiger partial charge < -0.3 is 5.32 Å². The molecule has 12 heavy (non-hydrogen) atoms. The van der Waals surface area contributed by atoms with Crippen LogP contribution in [0.25, 0.3) is 0 Å². The standard InChI is InChI=1S/C11H23N/c1-4-11(10-5-6-10)9(2)7-8-12-3/h9-12H,4-8H2,1-3H3/t9?,11-/m0/s1. The van der Waals surface area contributed by atoms with E-state index in [4.69, 9.17) is 0 Å². The van der Waals surface area contributed by atoms with Gasteiger partial charge in [0.2, 0.25) is 0 Å². The highest BCUT2D eigenvalue weighted by molar-refractivity contribution is 4.83. The lowest BCUT2D eigenvalue weighted by atomic mass is 9.85. The third-order valence-electron chi connectivity index (χ3n) is 3.28. The summed E-state index contributed by atoms with van der Waals surface area (Å²) in [7, 11) is 2.05. The lowest BCUT2D eigenvalue weighted by Crippen LogP contribution is -2.18. The van der Waals surface area contributed by atoms with E-state index in [1.165, 1.54) is 32.2 Å². The molecule has 72 valence electrons. The van der Waals surface area contributed by atoms with Gasteiger partial charge in [-0.2, -0.15) is 0 Å². The minimum Gasteiger partial charge on any atom is -0.320 e. The Morgan fingerprint density at radius 2 is 2.08 bits per heavy atom. The van der Waals surface area contributed by atoms with Crippen LogP contribution in [0.4, 0.5) is 0 Å². The van der Waals surface area contributed by atoms with Crippen molar-refractivity contribution in [2.45, 2.75) is 39.5 Å². The quantitative estimate of drug-likeness (QED) is 0.644. The zero-order valence-electron chi connectivity index (χ0n) is 8.77. The summed E-state index contributed by atoms with van der Waals surface area (Å²) >= 11 is 0. The van der Waals surface area contributed by atoms with Crippen LogP contribution >= 0.6 is 0 Å². The summed E-state index contributed by atoms with van der Waals surface area (Å²) in [6, 6.07) is 0. The van der Waals surface area contributed by atoms with Gasteiger partial charge in [-0.05, 0) is 50.6 Å². The number of hydrogen-bond acceptors (Lipinski definition) is 1. The van der Waals surface area contributed by atoms with Crippen LogP contribution < -0.4 is 5.32 Å². The van der Waals surface area contributed by atoms with Crippen LogP contribution in [0.15, 0.2) is 0 Å². The normalized spacial score (nSPS) is 22.2. The Balaban J connectivity index is 2.21. The van der Waals surface area contributed by atoms with Crippen molar-refractivity contribution >= 4 is 0 Å². The fourth-order valence-corrected chi connectivity index (χ4v) is 2.31. The minimum atomic E-state index is 0.926. The van der Waals surface area contributed by atoms with Crippen LogP contribution in [-0.2, 0) is 0 Å². The highest BCUT2D eigenvalue weighted by Crippen LogP contribution is 2.42. The van der Waals surface area contributed by atoms with E-state index in [1.807, 2.05) is 7.05 Å². The SMILES string of the molecule is CC[C@@H](C(C)CCNC)C1CC1. The van der Waals surface area contributed by atoms with Crippen molar-refractivity contribution in [3.05, 3.63) is 0 Å². The predicted molar refractivity (Wildman–Crippen MR) is 54.2 cm³/mol. The van der Waals surface area contributed by atoms with Gasteiger partial charge in [-0.1, -0.05) is 20.3 Å². The van der Waals surface area contributed by atoms with Crippen molar-refractivity contribution < 1.29 is 0 Å². The van der Waals surface area contributed by atoms with E-state index in [0.29, 0.717) is 0 Å². The monoisotopic (exact) mass is 169 g/mol.